The first-order valence-electron chi connectivity index (χ1n) is 7.87. The molecule has 0 spiro atoms. The molecule has 1 N–H and O–H groups in total. The van der Waals surface area contributed by atoms with Gasteiger partial charge < -0.3 is 19.5 Å². The molecule has 0 fully saturated rings. The van der Waals surface area contributed by atoms with Crippen molar-refractivity contribution in [2.24, 2.45) is 0 Å². The second-order valence-corrected chi connectivity index (χ2v) is 5.38. The van der Waals surface area contributed by atoms with E-state index in [2.05, 4.69) is 12.2 Å². The van der Waals surface area contributed by atoms with Crippen LogP contribution < -0.4 is 19.5 Å². The molecule has 5 heteroatoms. The first-order valence-corrected chi connectivity index (χ1v) is 7.87. The predicted molar refractivity (Wildman–Crippen MR) is 94.3 cm³/mol. The molecular weight excluding hydrogens is 306 g/mol. The quantitative estimate of drug-likeness (QED) is 0.829. The number of hydrogen-bond acceptors (Lipinski definition) is 4. The predicted octanol–water partition coefficient (Wildman–Crippen LogP) is 4.13. The largest absolute Gasteiger partial charge is 0.497 e. The lowest BCUT2D eigenvalue weighted by molar-refractivity contribution is 0.102. The zero-order valence-corrected chi connectivity index (χ0v) is 14.5. The second-order valence-electron chi connectivity index (χ2n) is 5.38. The molecule has 2 rings (SSSR count). The zero-order chi connectivity index (χ0) is 17.5. The summed E-state index contributed by atoms with van der Waals surface area (Å²) in [6.45, 7) is 4.07. The van der Waals surface area contributed by atoms with Gasteiger partial charge in [0, 0.05) is 17.8 Å². The molecule has 2 aromatic rings. The summed E-state index contributed by atoms with van der Waals surface area (Å²) in [6, 6.07) is 12.4. The summed E-state index contributed by atoms with van der Waals surface area (Å²) in [7, 11) is 3.09. The summed E-state index contributed by atoms with van der Waals surface area (Å²) in [4.78, 5) is 12.5. The van der Waals surface area contributed by atoms with Gasteiger partial charge in [-0.05, 0) is 37.6 Å². The molecule has 0 heterocycles. The number of carbonyl (C=O) groups is 1. The van der Waals surface area contributed by atoms with Crippen molar-refractivity contribution in [1.29, 1.82) is 0 Å². The van der Waals surface area contributed by atoms with Gasteiger partial charge in [0.15, 0.2) is 0 Å². The molecule has 0 aliphatic rings. The van der Waals surface area contributed by atoms with Crippen LogP contribution in [0.3, 0.4) is 0 Å². The van der Waals surface area contributed by atoms with Crippen molar-refractivity contribution >= 4 is 11.6 Å². The molecule has 1 unspecified atom stereocenters. The minimum Gasteiger partial charge on any atom is -0.497 e. The molecule has 5 nitrogen and oxygen atoms in total. The fourth-order valence-electron chi connectivity index (χ4n) is 2.15. The molecule has 128 valence electrons. The molecule has 0 saturated carbocycles. The summed E-state index contributed by atoms with van der Waals surface area (Å²) in [5.74, 6) is 1.56. The Morgan fingerprint density at radius 2 is 1.88 bits per heavy atom. The Bertz CT molecular complexity index is 700. The van der Waals surface area contributed by atoms with Crippen molar-refractivity contribution < 1.29 is 19.0 Å². The van der Waals surface area contributed by atoms with E-state index in [4.69, 9.17) is 14.2 Å². The Hall–Kier alpha value is -2.69. The molecule has 0 radical (unpaired) electrons. The van der Waals surface area contributed by atoms with E-state index in [1.807, 2.05) is 25.1 Å². The van der Waals surface area contributed by atoms with Crippen LogP contribution in [0.4, 0.5) is 5.69 Å². The van der Waals surface area contributed by atoms with E-state index in [-0.39, 0.29) is 12.0 Å². The van der Waals surface area contributed by atoms with Crippen LogP contribution in [0.5, 0.6) is 17.2 Å². The summed E-state index contributed by atoms with van der Waals surface area (Å²) in [5, 5.41) is 2.86. The second kappa shape index (κ2) is 8.24. The van der Waals surface area contributed by atoms with E-state index in [1.54, 1.807) is 31.4 Å². The SMILES string of the molecule is CCC(C)Oc1cccc(NC(=O)c2ccc(OC)cc2OC)c1. The van der Waals surface area contributed by atoms with E-state index >= 15 is 0 Å². The van der Waals surface area contributed by atoms with Crippen LogP contribution in [0.1, 0.15) is 30.6 Å². The monoisotopic (exact) mass is 329 g/mol. The van der Waals surface area contributed by atoms with Crippen LogP contribution in [-0.2, 0) is 0 Å². The van der Waals surface area contributed by atoms with Gasteiger partial charge in [0.2, 0.25) is 0 Å². The fourth-order valence-corrected chi connectivity index (χ4v) is 2.15. The van der Waals surface area contributed by atoms with Crippen LogP contribution in [0.15, 0.2) is 42.5 Å². The average Bonchev–Trinajstić information content (AvgIpc) is 2.61. The van der Waals surface area contributed by atoms with Gasteiger partial charge in [-0.15, -0.1) is 0 Å². The van der Waals surface area contributed by atoms with E-state index in [0.717, 1.165) is 12.2 Å². The van der Waals surface area contributed by atoms with Crippen molar-refractivity contribution in [3.05, 3.63) is 48.0 Å². The van der Waals surface area contributed by atoms with Crippen molar-refractivity contribution in [2.45, 2.75) is 26.4 Å². The number of benzene rings is 2. The number of methoxy groups -OCH3 is 2. The van der Waals surface area contributed by atoms with Crippen molar-refractivity contribution in [2.75, 3.05) is 19.5 Å². The molecule has 0 saturated heterocycles. The molecule has 1 amide bonds. The highest BCUT2D eigenvalue weighted by atomic mass is 16.5. The molecule has 1 atom stereocenters. The summed E-state index contributed by atoms with van der Waals surface area (Å²) in [5.41, 5.74) is 1.10. The fraction of sp³-hybridized carbons (Fsp3) is 0.316. The van der Waals surface area contributed by atoms with Gasteiger partial charge in [-0.25, -0.2) is 0 Å². The zero-order valence-electron chi connectivity index (χ0n) is 14.5. The van der Waals surface area contributed by atoms with E-state index in [0.29, 0.717) is 22.7 Å². The third-order valence-electron chi connectivity index (χ3n) is 3.66. The van der Waals surface area contributed by atoms with Crippen molar-refractivity contribution in [3.63, 3.8) is 0 Å². The number of anilines is 1. The summed E-state index contributed by atoms with van der Waals surface area (Å²) in [6.07, 6.45) is 1.04. The van der Waals surface area contributed by atoms with Gasteiger partial charge in [0.1, 0.15) is 17.2 Å². The molecule has 0 aliphatic carbocycles. The average molecular weight is 329 g/mol. The molecule has 2 aromatic carbocycles. The molecule has 24 heavy (non-hydrogen) atoms. The third kappa shape index (κ3) is 4.41. The Morgan fingerprint density at radius 3 is 2.54 bits per heavy atom. The van der Waals surface area contributed by atoms with Crippen LogP contribution >= 0.6 is 0 Å². The van der Waals surface area contributed by atoms with Gasteiger partial charge in [0.25, 0.3) is 5.91 Å². The van der Waals surface area contributed by atoms with Gasteiger partial charge in [0.05, 0.1) is 25.9 Å². The maximum Gasteiger partial charge on any atom is 0.259 e. The smallest absolute Gasteiger partial charge is 0.259 e. The first kappa shape index (κ1) is 17.7. The Kier molecular flexibility index (Phi) is 6.07. The van der Waals surface area contributed by atoms with Crippen LogP contribution in [0, 0.1) is 0 Å². The normalized spacial score (nSPS) is 11.5. The third-order valence-corrected chi connectivity index (χ3v) is 3.66. The first-order chi connectivity index (χ1) is 11.6. The molecular formula is C19H23NO4. The number of rotatable bonds is 7. The Balaban J connectivity index is 2.16. The van der Waals surface area contributed by atoms with Gasteiger partial charge in [-0.2, -0.15) is 0 Å². The van der Waals surface area contributed by atoms with E-state index in [9.17, 15) is 4.79 Å². The molecule has 0 aromatic heterocycles. The Morgan fingerprint density at radius 1 is 1.08 bits per heavy atom. The molecule has 0 aliphatic heterocycles. The number of nitrogens with one attached hydrogen (secondary N) is 1. The minimum absolute atomic E-state index is 0.123. The topological polar surface area (TPSA) is 56.8 Å². The Labute approximate surface area is 142 Å². The van der Waals surface area contributed by atoms with Crippen LogP contribution in [0.2, 0.25) is 0 Å². The van der Waals surface area contributed by atoms with Gasteiger partial charge >= 0.3 is 0 Å². The highest BCUT2D eigenvalue weighted by molar-refractivity contribution is 6.06. The maximum atomic E-state index is 12.5. The lowest BCUT2D eigenvalue weighted by Crippen LogP contribution is -2.14. The summed E-state index contributed by atoms with van der Waals surface area (Å²) < 4.78 is 16.2. The lowest BCUT2D eigenvalue weighted by atomic mass is 10.1. The molecule has 0 bridgehead atoms. The van der Waals surface area contributed by atoms with Crippen molar-refractivity contribution in [1.82, 2.24) is 0 Å². The maximum absolute atomic E-state index is 12.5. The highest BCUT2D eigenvalue weighted by Gasteiger charge is 2.14. The number of hydrogen-bond donors (Lipinski definition) is 1. The van der Waals surface area contributed by atoms with Crippen LogP contribution in [0.25, 0.3) is 0 Å². The number of ether oxygens (including phenoxy) is 3. The van der Waals surface area contributed by atoms with E-state index < -0.39 is 0 Å². The summed E-state index contributed by atoms with van der Waals surface area (Å²) >= 11 is 0. The lowest BCUT2D eigenvalue weighted by Gasteiger charge is -2.14. The number of amides is 1. The standard InChI is InChI=1S/C19H23NO4/c1-5-13(2)24-16-8-6-7-14(11-16)20-19(21)17-10-9-15(22-3)12-18(17)23-4/h6-13H,5H2,1-4H3,(H,20,21). The van der Waals surface area contributed by atoms with Gasteiger partial charge in [-0.1, -0.05) is 13.0 Å². The van der Waals surface area contributed by atoms with Gasteiger partial charge in [-0.3, -0.25) is 4.79 Å². The van der Waals surface area contributed by atoms with Crippen LogP contribution in [-0.4, -0.2) is 26.2 Å². The highest BCUT2D eigenvalue weighted by Crippen LogP contribution is 2.26. The number of carbonyl (C=O) groups excluding carboxylic acids is 1. The van der Waals surface area contributed by atoms with Crippen molar-refractivity contribution in [3.8, 4) is 17.2 Å². The minimum atomic E-state index is -0.254. The van der Waals surface area contributed by atoms with E-state index in [1.165, 1.54) is 7.11 Å².